The summed E-state index contributed by atoms with van der Waals surface area (Å²) in [6.07, 6.45) is 9.00. The van der Waals surface area contributed by atoms with Crippen molar-refractivity contribution < 1.29 is 14.3 Å². The minimum atomic E-state index is -0.306. The molecule has 5 rings (SSSR count). The van der Waals surface area contributed by atoms with Crippen molar-refractivity contribution >= 4 is 5.78 Å². The van der Waals surface area contributed by atoms with Gasteiger partial charge in [0.25, 0.3) is 0 Å². The topological polar surface area (TPSA) is 38.8 Å². The predicted octanol–water partition coefficient (Wildman–Crippen LogP) is 7.36. The maximum atomic E-state index is 14.0. The molecule has 0 aromatic heterocycles. The van der Waals surface area contributed by atoms with E-state index < -0.39 is 0 Å². The van der Waals surface area contributed by atoms with Crippen molar-refractivity contribution in [2.45, 2.75) is 89.4 Å². The van der Waals surface area contributed by atoms with Crippen LogP contribution in [0.25, 0.3) is 0 Å². The molecule has 1 saturated carbocycles. The maximum Gasteiger partial charge on any atom is 0.152 e. The molecule has 0 radical (unpaired) electrons. The lowest BCUT2D eigenvalue weighted by Gasteiger charge is -2.28. The molecule has 0 bridgehead atoms. The Morgan fingerprint density at radius 2 is 1.28 bits per heavy atom. The van der Waals surface area contributed by atoms with E-state index in [1.165, 1.54) is 44.1 Å². The number of hydrogen-bond acceptors (Lipinski definition) is 4. The van der Waals surface area contributed by atoms with Gasteiger partial charge in [-0.1, -0.05) is 130 Å². The molecule has 1 unspecified atom stereocenters. The molecule has 3 aromatic carbocycles. The number of Topliss-reactive ketones (excluding diaryl/α,β-unsaturated/α-hetero) is 1. The van der Waals surface area contributed by atoms with Gasteiger partial charge in [-0.2, -0.15) is 0 Å². The number of ether oxygens (including phenoxy) is 2. The van der Waals surface area contributed by atoms with Crippen LogP contribution in [0.5, 0.6) is 0 Å². The van der Waals surface area contributed by atoms with Crippen LogP contribution in [0.2, 0.25) is 0 Å². The summed E-state index contributed by atoms with van der Waals surface area (Å²) in [5.41, 5.74) is 3.46. The second kappa shape index (κ2) is 14.6. The third kappa shape index (κ3) is 8.11. The van der Waals surface area contributed by atoms with Gasteiger partial charge in [0.1, 0.15) is 6.10 Å². The van der Waals surface area contributed by atoms with Gasteiger partial charge in [-0.05, 0) is 29.0 Å². The van der Waals surface area contributed by atoms with Crippen LogP contribution in [0, 0.1) is 5.92 Å². The highest BCUT2D eigenvalue weighted by atomic mass is 16.5. The van der Waals surface area contributed by atoms with Gasteiger partial charge in [-0.15, -0.1) is 0 Å². The van der Waals surface area contributed by atoms with Crippen LogP contribution >= 0.6 is 0 Å². The Balaban J connectivity index is 1.32. The number of likely N-dealkylation sites (tertiary alicyclic amines) is 1. The van der Waals surface area contributed by atoms with Crippen LogP contribution in [-0.2, 0) is 34.0 Å². The Morgan fingerprint density at radius 3 is 1.90 bits per heavy atom. The molecule has 1 aliphatic heterocycles. The smallest absolute Gasteiger partial charge is 0.152 e. The Labute approximate surface area is 234 Å². The van der Waals surface area contributed by atoms with Gasteiger partial charge in [0.2, 0.25) is 0 Å². The van der Waals surface area contributed by atoms with Gasteiger partial charge in [-0.25, -0.2) is 0 Å². The maximum absolute atomic E-state index is 14.0. The summed E-state index contributed by atoms with van der Waals surface area (Å²) >= 11 is 0. The van der Waals surface area contributed by atoms with E-state index in [9.17, 15) is 4.79 Å². The van der Waals surface area contributed by atoms with Crippen LogP contribution in [0.4, 0.5) is 0 Å². The molecule has 0 amide bonds. The molecule has 1 aliphatic carbocycles. The number of ketones is 1. The molecule has 2 fully saturated rings. The minimum Gasteiger partial charge on any atom is -0.369 e. The molecule has 2 aliphatic rings. The van der Waals surface area contributed by atoms with Crippen LogP contribution in [0.1, 0.15) is 68.1 Å². The lowest BCUT2D eigenvalue weighted by molar-refractivity contribution is -0.131. The summed E-state index contributed by atoms with van der Waals surface area (Å²) in [7, 11) is 0. The zero-order chi connectivity index (χ0) is 26.7. The molecule has 0 spiro atoms. The van der Waals surface area contributed by atoms with E-state index in [2.05, 4.69) is 53.4 Å². The van der Waals surface area contributed by atoms with E-state index in [1.807, 2.05) is 42.5 Å². The van der Waals surface area contributed by atoms with Gasteiger partial charge in [-0.3, -0.25) is 9.69 Å². The molecule has 0 N–H and O–H groups in total. The Hall–Kier alpha value is -2.79. The Bertz CT molecular complexity index is 1110. The Morgan fingerprint density at radius 1 is 0.718 bits per heavy atom. The van der Waals surface area contributed by atoms with Crippen molar-refractivity contribution in [3.63, 3.8) is 0 Å². The first-order chi connectivity index (χ1) is 19.3. The lowest BCUT2D eigenvalue weighted by Crippen LogP contribution is -2.44. The molecule has 4 heteroatoms. The Kier molecular flexibility index (Phi) is 10.4. The quantitative estimate of drug-likeness (QED) is 0.234. The number of carbonyl (C=O) groups is 1. The molecule has 39 heavy (non-hydrogen) atoms. The van der Waals surface area contributed by atoms with E-state index >= 15 is 0 Å². The van der Waals surface area contributed by atoms with Crippen LogP contribution in [-0.4, -0.2) is 35.5 Å². The molecular weight excluding hydrogens is 482 g/mol. The van der Waals surface area contributed by atoms with Crippen molar-refractivity contribution in [3.05, 3.63) is 108 Å². The summed E-state index contributed by atoms with van der Waals surface area (Å²) < 4.78 is 13.1. The fourth-order valence-corrected chi connectivity index (χ4v) is 6.31. The largest absolute Gasteiger partial charge is 0.369 e. The van der Waals surface area contributed by atoms with E-state index in [4.69, 9.17) is 9.47 Å². The van der Waals surface area contributed by atoms with Crippen molar-refractivity contribution in [2.24, 2.45) is 5.92 Å². The van der Waals surface area contributed by atoms with Crippen molar-refractivity contribution in [1.29, 1.82) is 0 Å². The monoisotopic (exact) mass is 525 g/mol. The summed E-state index contributed by atoms with van der Waals surface area (Å²) in [5.74, 6) is 1.09. The second-order valence-corrected chi connectivity index (χ2v) is 11.3. The SMILES string of the molecule is O=C(CCCC1CCCCC1)C1[C@@H](OCc2ccccc2)[C@H](OCc2ccccc2)CN1Cc1ccccc1. The van der Waals surface area contributed by atoms with E-state index in [1.54, 1.807) is 0 Å². The predicted molar refractivity (Wildman–Crippen MR) is 156 cm³/mol. The van der Waals surface area contributed by atoms with E-state index in [0.717, 1.165) is 30.0 Å². The molecule has 4 nitrogen and oxygen atoms in total. The average Bonchev–Trinajstić information content (AvgIpc) is 3.33. The van der Waals surface area contributed by atoms with Gasteiger partial charge in [0, 0.05) is 19.5 Å². The number of benzene rings is 3. The molecular formula is C35H43NO3. The fraction of sp³-hybridized carbons (Fsp3) is 0.457. The summed E-state index contributed by atoms with van der Waals surface area (Å²) in [5, 5.41) is 0. The molecule has 3 aromatic rings. The second-order valence-electron chi connectivity index (χ2n) is 11.3. The standard InChI is InChI=1S/C35H43NO3/c37-32(23-13-22-28-14-5-1-6-15-28)34-35(39-27-31-20-11-4-12-21-31)33(38-26-30-18-9-3-10-19-30)25-36(34)24-29-16-7-2-8-17-29/h2-4,7-12,16-21,28,33-35H,1,5-6,13-15,22-27H2/t33-,34?,35+/m1/s1. The average molecular weight is 526 g/mol. The number of nitrogens with zero attached hydrogens (tertiary/aromatic N) is 1. The third-order valence-electron chi connectivity index (χ3n) is 8.40. The van der Waals surface area contributed by atoms with E-state index in [-0.39, 0.29) is 18.2 Å². The van der Waals surface area contributed by atoms with Gasteiger partial charge >= 0.3 is 0 Å². The van der Waals surface area contributed by atoms with Crippen LogP contribution in [0.15, 0.2) is 91.0 Å². The third-order valence-corrected chi connectivity index (χ3v) is 8.40. The number of hydrogen-bond donors (Lipinski definition) is 0. The highest BCUT2D eigenvalue weighted by Gasteiger charge is 2.46. The summed E-state index contributed by atoms with van der Waals surface area (Å²) in [6.45, 7) is 2.39. The van der Waals surface area contributed by atoms with Crippen molar-refractivity contribution in [1.82, 2.24) is 4.90 Å². The first-order valence-electron chi connectivity index (χ1n) is 14.9. The fourth-order valence-electron chi connectivity index (χ4n) is 6.31. The first-order valence-corrected chi connectivity index (χ1v) is 14.9. The van der Waals surface area contributed by atoms with Gasteiger partial charge in [0.05, 0.1) is 25.4 Å². The zero-order valence-electron chi connectivity index (χ0n) is 23.1. The van der Waals surface area contributed by atoms with Gasteiger partial charge < -0.3 is 9.47 Å². The first kappa shape index (κ1) is 27.8. The molecule has 1 heterocycles. The molecule has 1 saturated heterocycles. The van der Waals surface area contributed by atoms with Crippen LogP contribution < -0.4 is 0 Å². The van der Waals surface area contributed by atoms with E-state index in [0.29, 0.717) is 32.0 Å². The molecule has 3 atom stereocenters. The number of rotatable bonds is 13. The molecule has 206 valence electrons. The van der Waals surface area contributed by atoms with Crippen molar-refractivity contribution in [3.8, 4) is 0 Å². The number of carbonyl (C=O) groups excluding carboxylic acids is 1. The van der Waals surface area contributed by atoms with Crippen LogP contribution in [0.3, 0.4) is 0 Å². The highest BCUT2D eigenvalue weighted by molar-refractivity contribution is 5.85. The summed E-state index contributed by atoms with van der Waals surface area (Å²) in [6, 6.07) is 30.7. The normalized spacial score (nSPS) is 22.2. The van der Waals surface area contributed by atoms with Crippen molar-refractivity contribution in [2.75, 3.05) is 6.54 Å². The minimum absolute atomic E-state index is 0.176. The lowest BCUT2D eigenvalue weighted by atomic mass is 9.85. The van der Waals surface area contributed by atoms with Gasteiger partial charge in [0.15, 0.2) is 5.78 Å². The zero-order valence-corrected chi connectivity index (χ0v) is 23.1. The summed E-state index contributed by atoms with van der Waals surface area (Å²) in [4.78, 5) is 16.3. The highest BCUT2D eigenvalue weighted by Crippen LogP contribution is 2.31.